The van der Waals surface area contributed by atoms with Crippen LogP contribution in [0, 0.1) is 6.92 Å². The molecular formula is C22H28N2O7S. The van der Waals surface area contributed by atoms with Crippen LogP contribution in [0.25, 0.3) is 0 Å². The lowest BCUT2D eigenvalue weighted by atomic mass is 10.1. The molecule has 32 heavy (non-hydrogen) atoms. The molecule has 0 aliphatic rings. The van der Waals surface area contributed by atoms with Gasteiger partial charge >= 0.3 is 5.97 Å². The van der Waals surface area contributed by atoms with Gasteiger partial charge in [0.05, 0.1) is 38.4 Å². The van der Waals surface area contributed by atoms with Gasteiger partial charge in [0.2, 0.25) is 5.75 Å². The SMILES string of the molecule is CCCNC(=O)c1sc(NC(=O)c2cc(OC)c(OC)c(OC)c2)c(C(=O)OCC)c1C. The van der Waals surface area contributed by atoms with E-state index in [0.717, 1.165) is 17.8 Å². The summed E-state index contributed by atoms with van der Waals surface area (Å²) in [4.78, 5) is 38.5. The molecule has 2 aromatic rings. The van der Waals surface area contributed by atoms with Crippen molar-refractivity contribution in [3.63, 3.8) is 0 Å². The van der Waals surface area contributed by atoms with Gasteiger partial charge in [-0.3, -0.25) is 9.59 Å². The average Bonchev–Trinajstić information content (AvgIpc) is 3.11. The van der Waals surface area contributed by atoms with Crippen LogP contribution in [0.3, 0.4) is 0 Å². The fraction of sp³-hybridized carbons (Fsp3) is 0.409. The molecule has 1 aromatic carbocycles. The Bertz CT molecular complexity index is 975. The summed E-state index contributed by atoms with van der Waals surface area (Å²) < 4.78 is 21.0. The van der Waals surface area contributed by atoms with Gasteiger partial charge in [-0.05, 0) is 38.0 Å². The molecule has 0 atom stereocenters. The Labute approximate surface area is 191 Å². The van der Waals surface area contributed by atoms with E-state index < -0.39 is 11.9 Å². The molecule has 0 spiro atoms. The minimum absolute atomic E-state index is 0.152. The number of anilines is 1. The number of benzene rings is 1. The van der Waals surface area contributed by atoms with E-state index in [1.54, 1.807) is 13.8 Å². The summed E-state index contributed by atoms with van der Waals surface area (Å²) in [5.41, 5.74) is 0.818. The van der Waals surface area contributed by atoms with Gasteiger partial charge in [-0.15, -0.1) is 11.3 Å². The molecule has 0 fully saturated rings. The lowest BCUT2D eigenvalue weighted by Gasteiger charge is -2.14. The summed E-state index contributed by atoms with van der Waals surface area (Å²) in [5.74, 6) is -0.476. The van der Waals surface area contributed by atoms with E-state index in [-0.39, 0.29) is 28.6 Å². The van der Waals surface area contributed by atoms with Crippen LogP contribution in [0.2, 0.25) is 0 Å². The number of carbonyl (C=O) groups is 3. The second-order valence-corrected chi connectivity index (χ2v) is 7.63. The fourth-order valence-corrected chi connectivity index (χ4v) is 4.08. The number of hydrogen-bond donors (Lipinski definition) is 2. The Morgan fingerprint density at radius 2 is 1.59 bits per heavy atom. The summed E-state index contributed by atoms with van der Waals surface area (Å²) in [6.45, 7) is 5.93. The Morgan fingerprint density at radius 3 is 2.09 bits per heavy atom. The van der Waals surface area contributed by atoms with Gasteiger partial charge in [-0.1, -0.05) is 6.92 Å². The summed E-state index contributed by atoms with van der Waals surface area (Å²) >= 11 is 1.02. The average molecular weight is 465 g/mol. The number of ether oxygens (including phenoxy) is 4. The molecule has 0 unspecified atom stereocenters. The van der Waals surface area contributed by atoms with Crippen LogP contribution in [0.5, 0.6) is 17.2 Å². The molecule has 1 heterocycles. The monoisotopic (exact) mass is 464 g/mol. The number of esters is 1. The zero-order chi connectivity index (χ0) is 23.8. The third-order valence-corrected chi connectivity index (χ3v) is 5.73. The molecular weight excluding hydrogens is 436 g/mol. The van der Waals surface area contributed by atoms with Crippen molar-refractivity contribution in [1.82, 2.24) is 5.32 Å². The first kappa shape index (κ1) is 25.0. The third-order valence-electron chi connectivity index (χ3n) is 4.52. The van der Waals surface area contributed by atoms with E-state index in [4.69, 9.17) is 18.9 Å². The van der Waals surface area contributed by atoms with E-state index in [2.05, 4.69) is 10.6 Å². The lowest BCUT2D eigenvalue weighted by Crippen LogP contribution is -2.23. The van der Waals surface area contributed by atoms with Crippen LogP contribution in [-0.4, -0.2) is 52.3 Å². The summed E-state index contributed by atoms with van der Waals surface area (Å²) in [7, 11) is 4.36. The molecule has 9 nitrogen and oxygen atoms in total. The number of hydrogen-bond acceptors (Lipinski definition) is 8. The first-order valence-corrected chi connectivity index (χ1v) is 10.8. The predicted molar refractivity (Wildman–Crippen MR) is 122 cm³/mol. The van der Waals surface area contributed by atoms with Crippen molar-refractivity contribution in [2.24, 2.45) is 0 Å². The van der Waals surface area contributed by atoms with E-state index in [9.17, 15) is 14.4 Å². The highest BCUT2D eigenvalue weighted by Crippen LogP contribution is 2.39. The smallest absolute Gasteiger partial charge is 0.341 e. The van der Waals surface area contributed by atoms with Crippen molar-refractivity contribution in [3.8, 4) is 17.2 Å². The standard InChI is InChI=1S/C22H28N2O7S/c1-7-9-23-20(26)18-12(3)16(22(27)31-8-2)21(32-18)24-19(25)13-10-14(28-4)17(30-6)15(11-13)29-5/h10-11H,7-9H2,1-6H3,(H,23,26)(H,24,25). The van der Waals surface area contributed by atoms with Crippen LogP contribution in [-0.2, 0) is 4.74 Å². The molecule has 0 saturated carbocycles. The summed E-state index contributed by atoms with van der Waals surface area (Å²) in [5, 5.41) is 5.74. The minimum atomic E-state index is -0.615. The van der Waals surface area contributed by atoms with Crippen molar-refractivity contribution in [1.29, 1.82) is 0 Å². The van der Waals surface area contributed by atoms with E-state index in [1.165, 1.54) is 33.5 Å². The molecule has 0 saturated heterocycles. The molecule has 2 rings (SSSR count). The number of nitrogens with one attached hydrogen (secondary N) is 2. The van der Waals surface area contributed by atoms with Gasteiger partial charge in [0.15, 0.2) is 11.5 Å². The number of methoxy groups -OCH3 is 3. The maximum Gasteiger partial charge on any atom is 0.341 e. The molecule has 174 valence electrons. The normalized spacial score (nSPS) is 10.3. The van der Waals surface area contributed by atoms with Gasteiger partial charge < -0.3 is 29.6 Å². The highest BCUT2D eigenvalue weighted by Gasteiger charge is 2.27. The second-order valence-electron chi connectivity index (χ2n) is 6.60. The number of amides is 2. The summed E-state index contributed by atoms with van der Waals surface area (Å²) in [6, 6.07) is 2.99. The van der Waals surface area contributed by atoms with E-state index in [0.29, 0.717) is 34.2 Å². The minimum Gasteiger partial charge on any atom is -0.493 e. The molecule has 1 aromatic heterocycles. The third kappa shape index (κ3) is 5.31. The zero-order valence-electron chi connectivity index (χ0n) is 19.0. The van der Waals surface area contributed by atoms with Crippen molar-refractivity contribution in [3.05, 3.63) is 33.7 Å². The second kappa shape index (κ2) is 11.4. The quantitative estimate of drug-likeness (QED) is 0.516. The zero-order valence-corrected chi connectivity index (χ0v) is 19.9. The lowest BCUT2D eigenvalue weighted by molar-refractivity contribution is 0.0527. The van der Waals surface area contributed by atoms with E-state index >= 15 is 0 Å². The van der Waals surface area contributed by atoms with Crippen LogP contribution in [0.15, 0.2) is 12.1 Å². The number of carbonyl (C=O) groups excluding carboxylic acids is 3. The number of thiophene rings is 1. The molecule has 0 aliphatic carbocycles. The van der Waals surface area contributed by atoms with Gasteiger partial charge in [0, 0.05) is 12.1 Å². The van der Waals surface area contributed by atoms with Crippen LogP contribution in [0.4, 0.5) is 5.00 Å². The van der Waals surface area contributed by atoms with Crippen LogP contribution < -0.4 is 24.8 Å². The Kier molecular flexibility index (Phi) is 8.89. The van der Waals surface area contributed by atoms with Crippen LogP contribution >= 0.6 is 11.3 Å². The topological polar surface area (TPSA) is 112 Å². The first-order chi connectivity index (χ1) is 15.3. The Morgan fingerprint density at radius 1 is 0.969 bits per heavy atom. The van der Waals surface area contributed by atoms with Crippen molar-refractivity contribution in [2.75, 3.05) is 39.8 Å². The van der Waals surface area contributed by atoms with Crippen molar-refractivity contribution in [2.45, 2.75) is 27.2 Å². The maximum absolute atomic E-state index is 13.0. The summed E-state index contributed by atoms with van der Waals surface area (Å²) in [6.07, 6.45) is 0.769. The highest BCUT2D eigenvalue weighted by atomic mass is 32.1. The van der Waals surface area contributed by atoms with Crippen molar-refractivity contribution >= 4 is 34.1 Å². The van der Waals surface area contributed by atoms with Gasteiger partial charge in [0.25, 0.3) is 11.8 Å². The van der Waals surface area contributed by atoms with Gasteiger partial charge in [0.1, 0.15) is 5.00 Å². The first-order valence-electron chi connectivity index (χ1n) is 10.0. The Balaban J connectivity index is 2.47. The molecule has 0 aliphatic heterocycles. The van der Waals surface area contributed by atoms with Crippen LogP contribution in [0.1, 0.15) is 56.2 Å². The largest absolute Gasteiger partial charge is 0.493 e. The number of rotatable bonds is 10. The fourth-order valence-electron chi connectivity index (χ4n) is 2.97. The van der Waals surface area contributed by atoms with Gasteiger partial charge in [-0.25, -0.2) is 4.79 Å². The van der Waals surface area contributed by atoms with Crippen molar-refractivity contribution < 1.29 is 33.3 Å². The maximum atomic E-state index is 13.0. The molecule has 0 bridgehead atoms. The molecule has 2 N–H and O–H groups in total. The molecule has 0 radical (unpaired) electrons. The Hall–Kier alpha value is -3.27. The van der Waals surface area contributed by atoms with E-state index in [1.807, 2.05) is 6.92 Å². The highest BCUT2D eigenvalue weighted by molar-refractivity contribution is 7.18. The molecule has 10 heteroatoms. The van der Waals surface area contributed by atoms with Gasteiger partial charge in [-0.2, -0.15) is 0 Å². The molecule has 2 amide bonds. The predicted octanol–water partition coefficient (Wildman–Crippen LogP) is 3.65.